The van der Waals surface area contributed by atoms with Crippen molar-refractivity contribution in [1.29, 1.82) is 0 Å². The van der Waals surface area contributed by atoms with Crippen LogP contribution in [0.2, 0.25) is 5.02 Å². The molecule has 1 aromatic heterocycles. The molecule has 0 aliphatic rings. The van der Waals surface area contributed by atoms with Crippen LogP contribution < -0.4 is 9.62 Å². The van der Waals surface area contributed by atoms with Crippen molar-refractivity contribution < 1.29 is 13.2 Å². The average Bonchev–Trinajstić information content (AvgIpc) is 3.16. The number of thioether (sulfide) groups is 1. The second-order valence-corrected chi connectivity index (χ2v) is 10.7. The summed E-state index contributed by atoms with van der Waals surface area (Å²) in [6, 6.07) is 11.4. The molecule has 0 saturated carbocycles. The average molecular weight is 483 g/mol. The van der Waals surface area contributed by atoms with Gasteiger partial charge in [-0.25, -0.2) is 8.42 Å². The lowest BCUT2D eigenvalue weighted by Gasteiger charge is -2.25. The van der Waals surface area contributed by atoms with E-state index in [1.165, 1.54) is 41.3 Å². The minimum atomic E-state index is -4.02. The van der Waals surface area contributed by atoms with E-state index >= 15 is 0 Å². The van der Waals surface area contributed by atoms with E-state index in [2.05, 4.69) is 15.5 Å². The van der Waals surface area contributed by atoms with E-state index < -0.39 is 22.5 Å². The summed E-state index contributed by atoms with van der Waals surface area (Å²) in [5.41, 5.74) is 1.93. The standard InChI is InChI=1S/C19H19ClN4O3S3/c1-12-4-8-15(9-5-12)30(26,27)24(16-10-14(20)7-6-13(16)2)11-17(25)21-18-22-23-19(28-3)29-18/h4-10H,11H2,1-3H3,(H,21,22,25). The summed E-state index contributed by atoms with van der Waals surface area (Å²) in [6.45, 7) is 3.19. The highest BCUT2D eigenvalue weighted by Gasteiger charge is 2.29. The number of carbonyl (C=O) groups is 1. The van der Waals surface area contributed by atoms with Gasteiger partial charge in [0.05, 0.1) is 10.6 Å². The van der Waals surface area contributed by atoms with Gasteiger partial charge in [-0.15, -0.1) is 10.2 Å². The number of nitrogens with zero attached hydrogens (tertiary/aromatic N) is 3. The molecule has 3 rings (SSSR count). The highest BCUT2D eigenvalue weighted by atomic mass is 35.5. The number of halogens is 1. The third kappa shape index (κ3) is 5.12. The second kappa shape index (κ2) is 9.34. The third-order valence-electron chi connectivity index (χ3n) is 4.16. The van der Waals surface area contributed by atoms with E-state index in [1.54, 1.807) is 31.2 Å². The largest absolute Gasteiger partial charge is 0.299 e. The van der Waals surface area contributed by atoms with Gasteiger partial charge in [-0.2, -0.15) is 0 Å². The van der Waals surface area contributed by atoms with Crippen LogP contribution >= 0.6 is 34.7 Å². The van der Waals surface area contributed by atoms with Crippen LogP contribution in [0.5, 0.6) is 0 Å². The summed E-state index contributed by atoms with van der Waals surface area (Å²) >= 11 is 8.74. The van der Waals surface area contributed by atoms with Gasteiger partial charge in [-0.3, -0.25) is 14.4 Å². The molecule has 3 aromatic rings. The number of hydrogen-bond donors (Lipinski definition) is 1. The molecular formula is C19H19ClN4O3S3. The van der Waals surface area contributed by atoms with Crippen molar-refractivity contribution in [3.8, 4) is 0 Å². The Kier molecular flexibility index (Phi) is 7.02. The van der Waals surface area contributed by atoms with Crippen LogP contribution in [0.3, 0.4) is 0 Å². The fourth-order valence-corrected chi connectivity index (χ4v) is 5.45. The summed E-state index contributed by atoms with van der Waals surface area (Å²) in [5.74, 6) is -0.533. The van der Waals surface area contributed by atoms with E-state index in [0.717, 1.165) is 9.87 Å². The maximum absolute atomic E-state index is 13.4. The van der Waals surface area contributed by atoms with Gasteiger partial charge in [0, 0.05) is 5.02 Å². The minimum absolute atomic E-state index is 0.0841. The summed E-state index contributed by atoms with van der Waals surface area (Å²) in [5, 5.41) is 11.1. The molecule has 0 aliphatic heterocycles. The predicted octanol–water partition coefficient (Wildman–Crippen LogP) is 4.36. The Bertz CT molecular complexity index is 1160. The first-order valence-corrected chi connectivity index (χ1v) is 12.6. The van der Waals surface area contributed by atoms with Crippen LogP contribution in [0.4, 0.5) is 10.8 Å². The molecule has 1 heterocycles. The molecule has 11 heteroatoms. The SMILES string of the molecule is CSc1nnc(NC(=O)CN(c2cc(Cl)ccc2C)S(=O)(=O)c2ccc(C)cc2)s1. The zero-order chi connectivity index (χ0) is 21.9. The maximum atomic E-state index is 13.4. The Hall–Kier alpha value is -2.14. The van der Waals surface area contributed by atoms with Gasteiger partial charge in [0.1, 0.15) is 6.54 Å². The molecule has 0 spiro atoms. The molecular weight excluding hydrogens is 464 g/mol. The van der Waals surface area contributed by atoms with Gasteiger partial charge >= 0.3 is 0 Å². The van der Waals surface area contributed by atoms with Gasteiger partial charge in [0.25, 0.3) is 10.0 Å². The Balaban J connectivity index is 1.98. The molecule has 0 saturated heterocycles. The number of aromatic nitrogens is 2. The fraction of sp³-hybridized carbons (Fsp3) is 0.211. The van der Waals surface area contributed by atoms with Crippen molar-refractivity contribution in [2.45, 2.75) is 23.1 Å². The molecule has 0 bridgehead atoms. The molecule has 2 aromatic carbocycles. The number of rotatable bonds is 7. The van der Waals surface area contributed by atoms with E-state index in [0.29, 0.717) is 25.7 Å². The molecule has 7 nitrogen and oxygen atoms in total. The summed E-state index contributed by atoms with van der Waals surface area (Å²) in [4.78, 5) is 12.8. The third-order valence-corrected chi connectivity index (χ3v) is 7.99. The van der Waals surface area contributed by atoms with Crippen LogP contribution in [0.15, 0.2) is 51.7 Å². The van der Waals surface area contributed by atoms with Crippen LogP contribution in [0.25, 0.3) is 0 Å². The summed E-state index contributed by atoms with van der Waals surface area (Å²) in [7, 11) is -4.02. The molecule has 158 valence electrons. The lowest BCUT2D eigenvalue weighted by atomic mass is 10.2. The van der Waals surface area contributed by atoms with Crippen molar-refractivity contribution >= 4 is 61.4 Å². The van der Waals surface area contributed by atoms with Gasteiger partial charge in [0.15, 0.2) is 4.34 Å². The Labute approximate surface area is 188 Å². The van der Waals surface area contributed by atoms with E-state index in [4.69, 9.17) is 11.6 Å². The number of hydrogen-bond acceptors (Lipinski definition) is 7. The maximum Gasteiger partial charge on any atom is 0.264 e. The quantitative estimate of drug-likeness (QED) is 0.397. The molecule has 1 N–H and O–H groups in total. The number of carbonyl (C=O) groups excluding carboxylic acids is 1. The number of benzene rings is 2. The number of nitrogens with one attached hydrogen (secondary N) is 1. The number of aryl methyl sites for hydroxylation is 2. The van der Waals surface area contributed by atoms with Gasteiger partial charge < -0.3 is 0 Å². The monoisotopic (exact) mass is 482 g/mol. The normalized spacial score (nSPS) is 11.3. The zero-order valence-electron chi connectivity index (χ0n) is 16.4. The highest BCUT2D eigenvalue weighted by Crippen LogP contribution is 2.30. The van der Waals surface area contributed by atoms with Crippen molar-refractivity contribution in [3.05, 3.63) is 58.6 Å². The number of anilines is 2. The number of amides is 1. The molecule has 30 heavy (non-hydrogen) atoms. The second-order valence-electron chi connectivity index (χ2n) is 6.38. The zero-order valence-corrected chi connectivity index (χ0v) is 19.6. The molecule has 0 radical (unpaired) electrons. The Morgan fingerprint density at radius 3 is 2.50 bits per heavy atom. The van der Waals surface area contributed by atoms with Crippen LogP contribution in [-0.2, 0) is 14.8 Å². The Morgan fingerprint density at radius 2 is 1.87 bits per heavy atom. The van der Waals surface area contributed by atoms with Crippen LogP contribution in [0, 0.1) is 13.8 Å². The van der Waals surface area contributed by atoms with Crippen LogP contribution in [-0.4, -0.2) is 37.3 Å². The first-order chi connectivity index (χ1) is 14.2. The smallest absolute Gasteiger partial charge is 0.264 e. The van der Waals surface area contributed by atoms with E-state index in [9.17, 15) is 13.2 Å². The Morgan fingerprint density at radius 1 is 1.17 bits per heavy atom. The molecule has 0 atom stereocenters. The van der Waals surface area contributed by atoms with Crippen molar-refractivity contribution in [3.63, 3.8) is 0 Å². The minimum Gasteiger partial charge on any atom is -0.299 e. The van der Waals surface area contributed by atoms with Gasteiger partial charge in [-0.1, -0.05) is 58.5 Å². The van der Waals surface area contributed by atoms with Gasteiger partial charge in [-0.05, 0) is 49.9 Å². The molecule has 0 aliphatic carbocycles. The van der Waals surface area contributed by atoms with Crippen molar-refractivity contribution in [1.82, 2.24) is 10.2 Å². The first kappa shape index (κ1) is 22.5. The predicted molar refractivity (Wildman–Crippen MR) is 122 cm³/mol. The summed E-state index contributed by atoms with van der Waals surface area (Å²) in [6.07, 6.45) is 1.85. The molecule has 0 fully saturated rings. The van der Waals surface area contributed by atoms with Crippen molar-refractivity contribution in [2.75, 3.05) is 22.4 Å². The first-order valence-electron chi connectivity index (χ1n) is 8.73. The highest BCUT2D eigenvalue weighted by molar-refractivity contribution is 8.00. The van der Waals surface area contributed by atoms with Gasteiger partial charge in [0.2, 0.25) is 11.0 Å². The van der Waals surface area contributed by atoms with E-state index in [1.807, 2.05) is 13.2 Å². The van der Waals surface area contributed by atoms with Crippen molar-refractivity contribution in [2.24, 2.45) is 0 Å². The van der Waals surface area contributed by atoms with Crippen LogP contribution in [0.1, 0.15) is 11.1 Å². The van der Waals surface area contributed by atoms with E-state index in [-0.39, 0.29) is 4.90 Å². The topological polar surface area (TPSA) is 92.3 Å². The molecule has 1 amide bonds. The molecule has 0 unspecified atom stereocenters. The fourth-order valence-electron chi connectivity index (χ4n) is 2.62. The number of sulfonamides is 1. The lowest BCUT2D eigenvalue weighted by Crippen LogP contribution is -2.38. The lowest BCUT2D eigenvalue weighted by molar-refractivity contribution is -0.114. The summed E-state index contributed by atoms with van der Waals surface area (Å²) < 4.78 is 28.6.